The quantitative estimate of drug-likeness (QED) is 0.841. The molecule has 1 atom stereocenters. The molecular weight excluding hydrogens is 239 g/mol. The molecule has 90 valence electrons. The second-order valence-corrected chi connectivity index (χ2v) is 4.69. The Morgan fingerprint density at radius 1 is 1.35 bits per heavy atom. The van der Waals surface area contributed by atoms with E-state index in [0.717, 1.165) is 5.76 Å². The highest BCUT2D eigenvalue weighted by Gasteiger charge is 2.13. The van der Waals surface area contributed by atoms with E-state index < -0.39 is 6.10 Å². The second kappa shape index (κ2) is 5.38. The van der Waals surface area contributed by atoms with Crippen LogP contribution in [0.25, 0.3) is 0 Å². The van der Waals surface area contributed by atoms with Gasteiger partial charge in [0, 0.05) is 4.90 Å². The lowest BCUT2D eigenvalue weighted by Gasteiger charge is -2.11. The zero-order valence-electron chi connectivity index (χ0n) is 9.39. The first-order chi connectivity index (χ1) is 8.18. The molecule has 1 heterocycles. The summed E-state index contributed by atoms with van der Waals surface area (Å²) in [5.41, 5.74) is 0.613. The fourth-order valence-electron chi connectivity index (χ4n) is 1.54. The maximum absolute atomic E-state index is 13.7. The Bertz CT molecular complexity index is 480. The zero-order chi connectivity index (χ0) is 12.3. The molecule has 0 saturated carbocycles. The summed E-state index contributed by atoms with van der Waals surface area (Å²) in [6.45, 7) is 1.63. The third kappa shape index (κ3) is 2.90. The van der Waals surface area contributed by atoms with Crippen molar-refractivity contribution in [3.05, 3.63) is 53.7 Å². The van der Waals surface area contributed by atoms with Gasteiger partial charge in [0.1, 0.15) is 11.6 Å². The predicted octanol–water partition coefficient (Wildman–Crippen LogP) is 3.76. The zero-order valence-corrected chi connectivity index (χ0v) is 10.2. The van der Waals surface area contributed by atoms with Gasteiger partial charge in [0.25, 0.3) is 0 Å². The minimum Gasteiger partial charge on any atom is -0.468 e. The number of thioether (sulfide) groups is 1. The summed E-state index contributed by atoms with van der Waals surface area (Å²) in [4.78, 5) is 0.485. The second-order valence-electron chi connectivity index (χ2n) is 3.70. The molecule has 1 aromatic carbocycles. The predicted molar refractivity (Wildman–Crippen MR) is 65.3 cm³/mol. The van der Waals surface area contributed by atoms with E-state index in [1.165, 1.54) is 17.8 Å². The van der Waals surface area contributed by atoms with E-state index in [1.807, 2.05) is 6.07 Å². The Hall–Kier alpha value is -1.26. The van der Waals surface area contributed by atoms with E-state index in [-0.39, 0.29) is 5.82 Å². The van der Waals surface area contributed by atoms with Crippen LogP contribution < -0.4 is 0 Å². The molecule has 2 rings (SSSR count). The van der Waals surface area contributed by atoms with Gasteiger partial charge in [-0.2, -0.15) is 0 Å². The topological polar surface area (TPSA) is 33.4 Å². The lowest BCUT2D eigenvalue weighted by Crippen LogP contribution is -1.96. The number of hydrogen-bond acceptors (Lipinski definition) is 3. The minimum atomic E-state index is -0.676. The molecule has 1 aromatic heterocycles. The molecule has 0 aliphatic heterocycles. The summed E-state index contributed by atoms with van der Waals surface area (Å²) < 4.78 is 18.9. The lowest BCUT2D eigenvalue weighted by atomic mass is 10.1. The number of hydrogen-bond donors (Lipinski definition) is 1. The summed E-state index contributed by atoms with van der Waals surface area (Å²) in [7, 11) is 0. The van der Waals surface area contributed by atoms with Crippen LogP contribution in [0.3, 0.4) is 0 Å². The number of furan rings is 1. The number of benzene rings is 1. The van der Waals surface area contributed by atoms with Gasteiger partial charge >= 0.3 is 0 Å². The summed E-state index contributed by atoms with van der Waals surface area (Å²) in [5.74, 6) is 1.03. The van der Waals surface area contributed by atoms with Crippen LogP contribution in [0.1, 0.15) is 24.4 Å². The molecule has 1 N–H and O–H groups in total. The molecule has 0 bridgehead atoms. The average molecular weight is 252 g/mol. The highest BCUT2D eigenvalue weighted by molar-refractivity contribution is 7.98. The lowest BCUT2D eigenvalue weighted by molar-refractivity contribution is 0.195. The molecule has 2 aromatic rings. The van der Waals surface area contributed by atoms with Crippen LogP contribution in [0.5, 0.6) is 0 Å². The van der Waals surface area contributed by atoms with Crippen molar-refractivity contribution in [1.82, 2.24) is 0 Å². The molecule has 0 aliphatic rings. The highest BCUT2D eigenvalue weighted by atomic mass is 32.2. The molecule has 0 aliphatic carbocycles. The van der Waals surface area contributed by atoms with Crippen LogP contribution in [-0.2, 0) is 5.75 Å². The van der Waals surface area contributed by atoms with Gasteiger partial charge in [-0.15, -0.1) is 11.8 Å². The average Bonchev–Trinajstić information content (AvgIpc) is 2.80. The normalized spacial score (nSPS) is 12.6. The molecule has 1 unspecified atom stereocenters. The van der Waals surface area contributed by atoms with Gasteiger partial charge in [-0.3, -0.25) is 0 Å². The van der Waals surface area contributed by atoms with E-state index in [1.54, 1.807) is 31.4 Å². The van der Waals surface area contributed by atoms with E-state index in [4.69, 9.17) is 4.42 Å². The molecule has 0 fully saturated rings. The summed E-state index contributed by atoms with van der Waals surface area (Å²) >= 11 is 1.33. The largest absolute Gasteiger partial charge is 0.468 e. The van der Waals surface area contributed by atoms with Crippen molar-refractivity contribution in [3.63, 3.8) is 0 Å². The van der Waals surface area contributed by atoms with Gasteiger partial charge in [0.05, 0.1) is 18.1 Å². The van der Waals surface area contributed by atoms with Crippen LogP contribution in [0, 0.1) is 5.82 Å². The van der Waals surface area contributed by atoms with Crippen LogP contribution in [-0.4, -0.2) is 5.11 Å². The van der Waals surface area contributed by atoms with Gasteiger partial charge in [-0.1, -0.05) is 12.1 Å². The number of aliphatic hydroxyl groups is 1. The third-order valence-corrected chi connectivity index (χ3v) is 3.53. The standard InChI is InChI=1S/C13H13FO2S/c1-9(15)11-5-2-6-12(14)13(11)17-8-10-4-3-7-16-10/h2-7,9,15H,8H2,1H3. The van der Waals surface area contributed by atoms with E-state index in [0.29, 0.717) is 16.2 Å². The molecular formula is C13H13FO2S. The maximum Gasteiger partial charge on any atom is 0.137 e. The van der Waals surface area contributed by atoms with Crippen molar-refractivity contribution in [2.75, 3.05) is 0 Å². The van der Waals surface area contributed by atoms with E-state index in [9.17, 15) is 9.50 Å². The van der Waals surface area contributed by atoms with Gasteiger partial charge in [0.2, 0.25) is 0 Å². The van der Waals surface area contributed by atoms with Crippen LogP contribution in [0.4, 0.5) is 4.39 Å². The van der Waals surface area contributed by atoms with Gasteiger partial charge < -0.3 is 9.52 Å². The van der Waals surface area contributed by atoms with Crippen molar-refractivity contribution in [1.29, 1.82) is 0 Å². The monoisotopic (exact) mass is 252 g/mol. The van der Waals surface area contributed by atoms with Crippen LogP contribution in [0.2, 0.25) is 0 Å². The molecule has 0 radical (unpaired) electrons. The van der Waals surface area contributed by atoms with Crippen molar-refractivity contribution in [2.24, 2.45) is 0 Å². The number of aliphatic hydroxyl groups excluding tert-OH is 1. The first-order valence-electron chi connectivity index (χ1n) is 5.30. The molecule has 17 heavy (non-hydrogen) atoms. The molecule has 2 nitrogen and oxygen atoms in total. The number of halogens is 1. The summed E-state index contributed by atoms with van der Waals surface area (Å²) in [6, 6.07) is 8.38. The molecule has 4 heteroatoms. The molecule has 0 spiro atoms. The maximum atomic E-state index is 13.7. The van der Waals surface area contributed by atoms with Crippen molar-refractivity contribution < 1.29 is 13.9 Å². The first kappa shape index (κ1) is 12.2. The first-order valence-corrected chi connectivity index (χ1v) is 6.28. The molecule has 0 amide bonds. The van der Waals surface area contributed by atoms with E-state index in [2.05, 4.69) is 0 Å². The Labute approximate surface area is 103 Å². The highest BCUT2D eigenvalue weighted by Crippen LogP contribution is 2.32. The SMILES string of the molecule is CC(O)c1cccc(F)c1SCc1ccco1. The van der Waals surface area contributed by atoms with Gasteiger partial charge in [-0.05, 0) is 30.7 Å². The Balaban J connectivity index is 2.19. The Kier molecular flexibility index (Phi) is 3.86. The summed E-state index contributed by atoms with van der Waals surface area (Å²) in [6.07, 6.45) is 0.914. The fraction of sp³-hybridized carbons (Fsp3) is 0.231. The number of rotatable bonds is 4. The van der Waals surface area contributed by atoms with Crippen molar-refractivity contribution >= 4 is 11.8 Å². The Morgan fingerprint density at radius 2 is 2.18 bits per heavy atom. The Morgan fingerprint density at radius 3 is 2.82 bits per heavy atom. The van der Waals surface area contributed by atoms with Crippen LogP contribution >= 0.6 is 11.8 Å². The van der Waals surface area contributed by atoms with Gasteiger partial charge in [0.15, 0.2) is 0 Å². The van der Waals surface area contributed by atoms with Crippen molar-refractivity contribution in [3.8, 4) is 0 Å². The third-order valence-electron chi connectivity index (χ3n) is 2.39. The fourth-order valence-corrected chi connectivity index (χ4v) is 2.61. The smallest absolute Gasteiger partial charge is 0.137 e. The van der Waals surface area contributed by atoms with Gasteiger partial charge in [-0.25, -0.2) is 4.39 Å². The van der Waals surface area contributed by atoms with Crippen molar-refractivity contribution in [2.45, 2.75) is 23.7 Å². The molecule has 0 saturated heterocycles. The summed E-state index contributed by atoms with van der Waals surface area (Å²) in [5, 5.41) is 9.58. The van der Waals surface area contributed by atoms with E-state index >= 15 is 0 Å². The van der Waals surface area contributed by atoms with Crippen LogP contribution in [0.15, 0.2) is 45.9 Å². The minimum absolute atomic E-state index is 0.306.